The zero-order valence-corrected chi connectivity index (χ0v) is 13.0. The van der Waals surface area contributed by atoms with Crippen LogP contribution < -0.4 is 15.4 Å². The topological polar surface area (TPSA) is 93.7 Å². The lowest BCUT2D eigenvalue weighted by molar-refractivity contribution is -0.143. The van der Waals surface area contributed by atoms with Gasteiger partial charge in [-0.15, -0.1) is 6.58 Å². The minimum absolute atomic E-state index is 0.0128. The lowest BCUT2D eigenvalue weighted by Gasteiger charge is -2.05. The fraction of sp³-hybridized carbons (Fsp3) is 0.188. The highest BCUT2D eigenvalue weighted by atomic mass is 19.3. The minimum Gasteiger partial charge on any atom is -0.452 e. The number of alkyl halides is 2. The molecule has 0 spiro atoms. The second kappa shape index (κ2) is 10.5. The Labute approximate surface area is 142 Å². The summed E-state index contributed by atoms with van der Waals surface area (Å²) in [4.78, 5) is 34.0. The number of carbonyl (C=O) groups excluding carboxylic acids is 3. The van der Waals surface area contributed by atoms with E-state index in [0.717, 1.165) is 6.08 Å². The van der Waals surface area contributed by atoms with Gasteiger partial charge in [0.2, 0.25) is 0 Å². The van der Waals surface area contributed by atoms with Crippen molar-refractivity contribution < 1.29 is 32.6 Å². The summed E-state index contributed by atoms with van der Waals surface area (Å²) < 4.78 is 32.8. The van der Waals surface area contributed by atoms with Crippen molar-refractivity contribution in [1.82, 2.24) is 10.6 Å². The minimum atomic E-state index is -2.92. The number of hydrogen-bond donors (Lipinski definition) is 2. The molecule has 1 rings (SSSR count). The number of amides is 3. The summed E-state index contributed by atoms with van der Waals surface area (Å²) in [6, 6.07) is 4.80. The van der Waals surface area contributed by atoms with Crippen molar-refractivity contribution in [3.63, 3.8) is 0 Å². The second-order valence-electron chi connectivity index (χ2n) is 4.44. The Morgan fingerprint density at radius 2 is 1.88 bits per heavy atom. The SMILES string of the molecule is C=CCNC(=O)NC(=O)COC(=O)/C=C/c1ccc(OC(F)F)cc1. The molecule has 2 N–H and O–H groups in total. The number of urea groups is 1. The van der Waals surface area contributed by atoms with Gasteiger partial charge in [-0.2, -0.15) is 8.78 Å². The van der Waals surface area contributed by atoms with Crippen LogP contribution in [0.15, 0.2) is 43.0 Å². The van der Waals surface area contributed by atoms with Gasteiger partial charge in [-0.05, 0) is 23.8 Å². The van der Waals surface area contributed by atoms with Crippen molar-refractivity contribution in [3.05, 3.63) is 48.6 Å². The average molecular weight is 354 g/mol. The highest BCUT2D eigenvalue weighted by Gasteiger charge is 2.08. The van der Waals surface area contributed by atoms with Crippen molar-refractivity contribution in [2.75, 3.05) is 13.2 Å². The maximum Gasteiger partial charge on any atom is 0.387 e. The lowest BCUT2D eigenvalue weighted by atomic mass is 10.2. The molecule has 0 saturated heterocycles. The zero-order valence-electron chi connectivity index (χ0n) is 13.0. The van der Waals surface area contributed by atoms with Gasteiger partial charge in [0.15, 0.2) is 6.61 Å². The molecule has 0 aromatic heterocycles. The molecule has 9 heteroatoms. The first-order valence-corrected chi connectivity index (χ1v) is 6.99. The molecule has 0 aliphatic carbocycles. The van der Waals surface area contributed by atoms with Gasteiger partial charge in [0.25, 0.3) is 5.91 Å². The normalized spacial score (nSPS) is 10.4. The van der Waals surface area contributed by atoms with Crippen molar-refractivity contribution in [2.45, 2.75) is 6.61 Å². The number of imide groups is 1. The van der Waals surface area contributed by atoms with E-state index >= 15 is 0 Å². The van der Waals surface area contributed by atoms with Crippen molar-refractivity contribution in [3.8, 4) is 5.75 Å². The van der Waals surface area contributed by atoms with Crippen LogP contribution in [-0.2, 0) is 14.3 Å². The molecule has 0 heterocycles. The molecule has 134 valence electrons. The van der Waals surface area contributed by atoms with Crippen LogP contribution >= 0.6 is 0 Å². The van der Waals surface area contributed by atoms with Gasteiger partial charge < -0.3 is 14.8 Å². The fourth-order valence-corrected chi connectivity index (χ4v) is 1.48. The molecule has 0 fully saturated rings. The molecule has 0 bridgehead atoms. The predicted molar refractivity (Wildman–Crippen MR) is 84.8 cm³/mol. The third kappa shape index (κ3) is 8.84. The Morgan fingerprint density at radius 1 is 1.20 bits per heavy atom. The smallest absolute Gasteiger partial charge is 0.387 e. The predicted octanol–water partition coefficient (Wildman–Crippen LogP) is 1.86. The molecule has 0 aliphatic heterocycles. The third-order valence-electron chi connectivity index (χ3n) is 2.52. The Morgan fingerprint density at radius 3 is 2.48 bits per heavy atom. The van der Waals surface area contributed by atoms with E-state index in [1.807, 2.05) is 5.32 Å². The van der Waals surface area contributed by atoms with Crippen molar-refractivity contribution in [1.29, 1.82) is 0 Å². The molecule has 25 heavy (non-hydrogen) atoms. The molecule has 0 saturated carbocycles. The van der Waals surface area contributed by atoms with E-state index in [2.05, 4.69) is 21.4 Å². The number of benzene rings is 1. The summed E-state index contributed by atoms with van der Waals surface area (Å²) in [5.41, 5.74) is 0.534. The Bertz CT molecular complexity index is 644. The van der Waals surface area contributed by atoms with E-state index in [-0.39, 0.29) is 12.3 Å². The van der Waals surface area contributed by atoms with Gasteiger partial charge in [-0.1, -0.05) is 18.2 Å². The number of carbonyl (C=O) groups is 3. The maximum absolute atomic E-state index is 12.0. The Hall–Kier alpha value is -3.23. The molecule has 0 aliphatic rings. The van der Waals surface area contributed by atoms with Crippen LogP contribution in [-0.4, -0.2) is 37.7 Å². The number of hydrogen-bond acceptors (Lipinski definition) is 5. The first-order valence-electron chi connectivity index (χ1n) is 6.99. The van der Waals surface area contributed by atoms with Crippen LogP contribution in [0.25, 0.3) is 6.08 Å². The molecular formula is C16H16F2N2O5. The standard InChI is InChI=1S/C16H16F2N2O5/c1-2-9-19-16(23)20-13(21)10-24-14(22)8-5-11-3-6-12(7-4-11)25-15(17)18/h2-8,15H,1,9-10H2,(H2,19,20,21,23)/b8-5+. The van der Waals surface area contributed by atoms with Crippen LogP contribution in [0.5, 0.6) is 5.75 Å². The largest absolute Gasteiger partial charge is 0.452 e. The third-order valence-corrected chi connectivity index (χ3v) is 2.52. The summed E-state index contributed by atoms with van der Waals surface area (Å²) >= 11 is 0. The van der Waals surface area contributed by atoms with Crippen LogP contribution in [0.4, 0.5) is 13.6 Å². The van der Waals surface area contributed by atoms with Gasteiger partial charge in [0.1, 0.15) is 5.75 Å². The molecule has 3 amide bonds. The number of esters is 1. The number of nitrogens with one attached hydrogen (secondary N) is 2. The molecular weight excluding hydrogens is 338 g/mol. The molecule has 1 aromatic rings. The Balaban J connectivity index is 2.38. The van der Waals surface area contributed by atoms with Crippen molar-refractivity contribution >= 4 is 24.0 Å². The molecule has 0 atom stereocenters. The van der Waals surface area contributed by atoms with Gasteiger partial charge in [-0.3, -0.25) is 10.1 Å². The van der Waals surface area contributed by atoms with Crippen LogP contribution in [0, 0.1) is 0 Å². The van der Waals surface area contributed by atoms with Crippen LogP contribution in [0.2, 0.25) is 0 Å². The summed E-state index contributed by atoms with van der Waals surface area (Å²) in [6.45, 7) is 0.0242. The highest BCUT2D eigenvalue weighted by molar-refractivity contribution is 5.96. The van der Waals surface area contributed by atoms with E-state index in [0.29, 0.717) is 5.56 Å². The van der Waals surface area contributed by atoms with E-state index in [1.165, 1.54) is 36.4 Å². The van der Waals surface area contributed by atoms with Crippen LogP contribution in [0.3, 0.4) is 0 Å². The highest BCUT2D eigenvalue weighted by Crippen LogP contribution is 2.15. The van der Waals surface area contributed by atoms with E-state index < -0.39 is 31.1 Å². The number of ether oxygens (including phenoxy) is 2. The van der Waals surface area contributed by atoms with E-state index in [4.69, 9.17) is 0 Å². The van der Waals surface area contributed by atoms with Gasteiger partial charge >= 0.3 is 18.6 Å². The summed E-state index contributed by atoms with van der Waals surface area (Å²) in [7, 11) is 0. The lowest BCUT2D eigenvalue weighted by Crippen LogP contribution is -2.41. The molecule has 7 nitrogen and oxygen atoms in total. The van der Waals surface area contributed by atoms with Gasteiger partial charge in [0.05, 0.1) is 0 Å². The summed E-state index contributed by atoms with van der Waals surface area (Å²) in [5.74, 6) is -1.62. The average Bonchev–Trinajstić information content (AvgIpc) is 2.57. The monoisotopic (exact) mass is 354 g/mol. The summed E-state index contributed by atoms with van der Waals surface area (Å²) in [6.07, 6.45) is 3.85. The first-order chi connectivity index (χ1) is 11.9. The molecule has 0 radical (unpaired) electrons. The second-order valence-corrected chi connectivity index (χ2v) is 4.44. The van der Waals surface area contributed by atoms with Gasteiger partial charge in [0, 0.05) is 12.6 Å². The molecule has 1 aromatic carbocycles. The van der Waals surface area contributed by atoms with Gasteiger partial charge in [-0.25, -0.2) is 9.59 Å². The maximum atomic E-state index is 12.0. The van der Waals surface area contributed by atoms with E-state index in [9.17, 15) is 23.2 Å². The zero-order chi connectivity index (χ0) is 18.7. The number of rotatable bonds is 8. The fourth-order valence-electron chi connectivity index (χ4n) is 1.48. The van der Waals surface area contributed by atoms with E-state index in [1.54, 1.807) is 0 Å². The quantitative estimate of drug-likeness (QED) is 0.422. The Kier molecular flexibility index (Phi) is 8.34. The number of halogens is 2. The van der Waals surface area contributed by atoms with Crippen molar-refractivity contribution in [2.24, 2.45) is 0 Å². The summed E-state index contributed by atoms with van der Waals surface area (Å²) in [5, 5.41) is 4.27. The van der Waals surface area contributed by atoms with Crippen LogP contribution in [0.1, 0.15) is 5.56 Å². The first kappa shape index (κ1) is 19.8. The molecule has 0 unspecified atom stereocenters.